The zero-order chi connectivity index (χ0) is 13.0. The number of hydrogen-bond acceptors (Lipinski definition) is 5. The highest BCUT2D eigenvalue weighted by Gasteiger charge is 2.17. The minimum atomic E-state index is -0.383. The lowest BCUT2D eigenvalue weighted by Crippen LogP contribution is -2.09. The summed E-state index contributed by atoms with van der Waals surface area (Å²) in [5.74, 6) is 5.34. The molecule has 3 N–H and O–H groups in total. The van der Waals surface area contributed by atoms with Crippen molar-refractivity contribution in [3.05, 3.63) is 28.3 Å². The molecule has 5 nitrogen and oxygen atoms in total. The number of hydrogen-bond donors (Lipinski definition) is 2. The first kappa shape index (κ1) is 13.2. The lowest BCUT2D eigenvalue weighted by atomic mass is 10.0. The van der Waals surface area contributed by atoms with Crippen molar-refractivity contribution in [3.63, 3.8) is 0 Å². The van der Waals surface area contributed by atoms with Crippen LogP contribution in [-0.2, 0) is 0 Å². The third kappa shape index (κ3) is 3.36. The van der Waals surface area contributed by atoms with Gasteiger partial charge in [-0.3, -0.25) is 16.0 Å². The molecule has 0 unspecified atom stereocenters. The Kier molecular flexibility index (Phi) is 4.43. The average Bonchev–Trinajstić information content (AvgIpc) is 2.39. The van der Waals surface area contributed by atoms with E-state index in [9.17, 15) is 10.1 Å². The van der Waals surface area contributed by atoms with E-state index in [0.717, 1.165) is 4.90 Å². The minimum Gasteiger partial charge on any atom is -0.324 e. The molecule has 0 heterocycles. The van der Waals surface area contributed by atoms with Crippen LogP contribution in [0.4, 0.5) is 11.4 Å². The number of benzene rings is 1. The van der Waals surface area contributed by atoms with E-state index in [1.807, 2.05) is 6.07 Å². The van der Waals surface area contributed by atoms with Crippen LogP contribution in [0.25, 0.3) is 0 Å². The lowest BCUT2D eigenvalue weighted by Gasteiger charge is -2.21. The Morgan fingerprint density at radius 1 is 1.28 bits per heavy atom. The first-order chi connectivity index (χ1) is 8.69. The lowest BCUT2D eigenvalue weighted by molar-refractivity contribution is -0.385. The topological polar surface area (TPSA) is 81.2 Å². The highest BCUT2D eigenvalue weighted by Crippen LogP contribution is 2.36. The summed E-state index contributed by atoms with van der Waals surface area (Å²) < 4.78 is 0. The van der Waals surface area contributed by atoms with Crippen LogP contribution in [0.2, 0.25) is 0 Å². The van der Waals surface area contributed by atoms with E-state index in [1.54, 1.807) is 17.8 Å². The molecule has 0 atom stereocenters. The molecule has 1 saturated carbocycles. The summed E-state index contributed by atoms with van der Waals surface area (Å²) in [5.41, 5.74) is 3.15. The van der Waals surface area contributed by atoms with Crippen LogP contribution in [0.3, 0.4) is 0 Å². The van der Waals surface area contributed by atoms with Crippen molar-refractivity contribution in [1.29, 1.82) is 0 Å². The van der Waals surface area contributed by atoms with E-state index >= 15 is 0 Å². The van der Waals surface area contributed by atoms with Gasteiger partial charge >= 0.3 is 0 Å². The number of rotatable bonds is 4. The van der Waals surface area contributed by atoms with Crippen molar-refractivity contribution in [2.45, 2.75) is 42.2 Å². The van der Waals surface area contributed by atoms with Crippen LogP contribution in [0.1, 0.15) is 32.1 Å². The molecule has 0 saturated heterocycles. The molecule has 1 aromatic rings. The number of anilines is 1. The molecule has 98 valence electrons. The van der Waals surface area contributed by atoms with E-state index in [1.165, 1.54) is 38.2 Å². The molecular formula is C12H17N3O2S. The normalized spacial score (nSPS) is 16.5. The third-order valence-corrected chi connectivity index (χ3v) is 4.44. The second-order valence-electron chi connectivity index (χ2n) is 4.49. The van der Waals surface area contributed by atoms with Crippen LogP contribution >= 0.6 is 11.8 Å². The van der Waals surface area contributed by atoms with Crippen LogP contribution in [0.15, 0.2) is 23.1 Å². The van der Waals surface area contributed by atoms with Crippen LogP contribution < -0.4 is 11.3 Å². The van der Waals surface area contributed by atoms with Crippen molar-refractivity contribution in [1.82, 2.24) is 0 Å². The summed E-state index contributed by atoms with van der Waals surface area (Å²) in [7, 11) is 0. The number of nitro benzene ring substituents is 1. The van der Waals surface area contributed by atoms with Crippen molar-refractivity contribution in [2.75, 3.05) is 5.43 Å². The van der Waals surface area contributed by atoms with E-state index < -0.39 is 0 Å². The second kappa shape index (κ2) is 6.06. The van der Waals surface area contributed by atoms with Gasteiger partial charge in [0.1, 0.15) is 0 Å². The predicted octanol–water partition coefficient (Wildman–Crippen LogP) is 3.31. The largest absolute Gasteiger partial charge is 0.324 e. The van der Waals surface area contributed by atoms with Gasteiger partial charge < -0.3 is 5.43 Å². The van der Waals surface area contributed by atoms with Gasteiger partial charge in [-0.25, -0.2) is 0 Å². The van der Waals surface area contributed by atoms with Gasteiger partial charge in [0.15, 0.2) is 0 Å². The summed E-state index contributed by atoms with van der Waals surface area (Å²) in [6.45, 7) is 0. The Balaban J connectivity index is 2.15. The van der Waals surface area contributed by atoms with Crippen molar-refractivity contribution >= 4 is 23.1 Å². The van der Waals surface area contributed by atoms with Crippen molar-refractivity contribution in [2.24, 2.45) is 5.84 Å². The highest BCUT2D eigenvalue weighted by molar-refractivity contribution is 8.00. The number of nitrogens with one attached hydrogen (secondary N) is 1. The van der Waals surface area contributed by atoms with E-state index in [4.69, 9.17) is 5.84 Å². The molecule has 0 bridgehead atoms. The molecular weight excluding hydrogens is 250 g/mol. The number of nitrogens with zero attached hydrogens (tertiary/aromatic N) is 1. The number of nitrogens with two attached hydrogens (primary N) is 1. The maximum absolute atomic E-state index is 10.8. The van der Waals surface area contributed by atoms with E-state index in [2.05, 4.69) is 5.43 Å². The first-order valence-electron chi connectivity index (χ1n) is 6.12. The number of nitrogen functional groups attached to an aromatic ring is 1. The number of non-ortho nitro benzene ring substituents is 1. The fourth-order valence-electron chi connectivity index (χ4n) is 2.22. The Morgan fingerprint density at radius 3 is 2.61 bits per heavy atom. The monoisotopic (exact) mass is 267 g/mol. The van der Waals surface area contributed by atoms with E-state index in [-0.39, 0.29) is 10.6 Å². The molecule has 1 aliphatic carbocycles. The Bertz CT molecular complexity index is 433. The van der Waals surface area contributed by atoms with Gasteiger partial charge in [-0.05, 0) is 18.9 Å². The summed E-state index contributed by atoms with van der Waals surface area (Å²) in [4.78, 5) is 11.4. The molecule has 0 aliphatic heterocycles. The maximum Gasteiger partial charge on any atom is 0.272 e. The van der Waals surface area contributed by atoms with Gasteiger partial charge in [0.25, 0.3) is 5.69 Å². The average molecular weight is 267 g/mol. The van der Waals surface area contributed by atoms with Crippen molar-refractivity contribution in [3.8, 4) is 0 Å². The minimum absolute atomic E-state index is 0.0868. The predicted molar refractivity (Wildman–Crippen MR) is 73.6 cm³/mol. The molecule has 0 spiro atoms. The highest BCUT2D eigenvalue weighted by atomic mass is 32.2. The molecule has 0 aromatic heterocycles. The van der Waals surface area contributed by atoms with Gasteiger partial charge in [-0.1, -0.05) is 19.3 Å². The Morgan fingerprint density at radius 2 is 2.00 bits per heavy atom. The maximum atomic E-state index is 10.8. The fourth-order valence-corrected chi connectivity index (χ4v) is 3.55. The number of nitro groups is 1. The quantitative estimate of drug-likeness (QED) is 0.497. The van der Waals surface area contributed by atoms with Crippen LogP contribution in [-0.4, -0.2) is 10.2 Å². The Labute approximate surface area is 110 Å². The molecule has 18 heavy (non-hydrogen) atoms. The molecule has 6 heteroatoms. The summed E-state index contributed by atoms with van der Waals surface area (Å²) >= 11 is 1.73. The SMILES string of the molecule is NNc1cc(SC2CCCCC2)cc([N+](=O)[O-])c1. The first-order valence-corrected chi connectivity index (χ1v) is 7.00. The fraction of sp³-hybridized carbons (Fsp3) is 0.500. The molecule has 1 aliphatic rings. The van der Waals surface area contributed by atoms with Crippen LogP contribution in [0, 0.1) is 10.1 Å². The van der Waals surface area contributed by atoms with E-state index in [0.29, 0.717) is 10.9 Å². The third-order valence-electron chi connectivity index (χ3n) is 3.12. The van der Waals surface area contributed by atoms with Gasteiger partial charge in [-0.2, -0.15) is 0 Å². The number of thioether (sulfide) groups is 1. The standard InChI is InChI=1S/C12H17N3O2S/c13-14-9-6-10(15(16)17)8-12(7-9)18-11-4-2-1-3-5-11/h6-8,11,14H,1-5,13H2. The van der Waals surface area contributed by atoms with Gasteiger partial charge in [0.05, 0.1) is 10.6 Å². The summed E-state index contributed by atoms with van der Waals surface area (Å²) in [5, 5.41) is 11.4. The smallest absolute Gasteiger partial charge is 0.272 e. The molecule has 0 radical (unpaired) electrons. The summed E-state index contributed by atoms with van der Waals surface area (Å²) in [6.07, 6.45) is 6.21. The zero-order valence-electron chi connectivity index (χ0n) is 10.1. The zero-order valence-corrected chi connectivity index (χ0v) is 10.9. The van der Waals surface area contributed by atoms with Gasteiger partial charge in [0, 0.05) is 22.3 Å². The second-order valence-corrected chi connectivity index (χ2v) is 5.87. The van der Waals surface area contributed by atoms with Gasteiger partial charge in [0.2, 0.25) is 0 Å². The molecule has 1 aromatic carbocycles. The Hall–Kier alpha value is -1.27. The number of hydrazine groups is 1. The molecule has 1 fully saturated rings. The van der Waals surface area contributed by atoms with Crippen molar-refractivity contribution < 1.29 is 4.92 Å². The van der Waals surface area contributed by atoms with Gasteiger partial charge in [-0.15, -0.1) is 11.8 Å². The molecule has 2 rings (SSSR count). The van der Waals surface area contributed by atoms with Crippen LogP contribution in [0.5, 0.6) is 0 Å². The molecule has 0 amide bonds. The summed E-state index contributed by atoms with van der Waals surface area (Å²) in [6, 6.07) is 4.94.